The highest BCUT2D eigenvalue weighted by Gasteiger charge is 2.22. The van der Waals surface area contributed by atoms with E-state index in [4.69, 9.17) is 11.6 Å². The average molecular weight is 511 g/mol. The second-order valence-corrected chi connectivity index (χ2v) is 9.37. The van der Waals surface area contributed by atoms with E-state index in [9.17, 15) is 9.59 Å². The molecule has 1 N–H and O–H groups in total. The van der Waals surface area contributed by atoms with Gasteiger partial charge in [0, 0.05) is 50.0 Å². The molecule has 0 saturated carbocycles. The Balaban J connectivity index is 1.22. The topological polar surface area (TPSA) is 83.4 Å². The number of rotatable bonds is 8. The summed E-state index contributed by atoms with van der Waals surface area (Å²) in [5, 5.41) is 12.3. The summed E-state index contributed by atoms with van der Waals surface area (Å²) in [5.41, 5.74) is 1.96. The lowest BCUT2D eigenvalue weighted by Crippen LogP contribution is -2.49. The number of nitrogens with one attached hydrogen (secondary N) is 1. The van der Waals surface area contributed by atoms with E-state index in [0.29, 0.717) is 34.8 Å². The molecule has 0 unspecified atom stereocenters. The van der Waals surface area contributed by atoms with E-state index in [1.54, 1.807) is 16.7 Å². The van der Waals surface area contributed by atoms with Crippen LogP contribution in [0.15, 0.2) is 65.8 Å². The fourth-order valence-electron chi connectivity index (χ4n) is 3.70. The van der Waals surface area contributed by atoms with Crippen LogP contribution in [0, 0.1) is 0 Å². The van der Waals surface area contributed by atoms with E-state index in [1.165, 1.54) is 23.5 Å². The fourth-order valence-corrected chi connectivity index (χ4v) is 4.73. The van der Waals surface area contributed by atoms with Gasteiger partial charge in [-0.05, 0) is 29.8 Å². The molecule has 1 aliphatic heterocycles. The van der Waals surface area contributed by atoms with Crippen molar-refractivity contribution in [2.24, 2.45) is 7.05 Å². The molecule has 2 amide bonds. The first-order valence-electron chi connectivity index (χ1n) is 11.3. The van der Waals surface area contributed by atoms with Crippen molar-refractivity contribution in [2.45, 2.75) is 11.7 Å². The van der Waals surface area contributed by atoms with Crippen LogP contribution in [0.3, 0.4) is 0 Å². The van der Waals surface area contributed by atoms with Crippen molar-refractivity contribution in [1.82, 2.24) is 25.0 Å². The Kier molecular flexibility index (Phi) is 8.44. The molecule has 0 aliphatic carbocycles. The third kappa shape index (κ3) is 6.64. The molecule has 4 rings (SSSR count). The lowest BCUT2D eigenvalue weighted by atomic mass is 10.2. The van der Waals surface area contributed by atoms with Crippen LogP contribution >= 0.6 is 23.4 Å². The number of para-hydroxylation sites is 1. The summed E-state index contributed by atoms with van der Waals surface area (Å²) < 4.78 is 1.79. The Labute approximate surface area is 214 Å². The average Bonchev–Trinajstić information content (AvgIpc) is 3.25. The van der Waals surface area contributed by atoms with Gasteiger partial charge in [-0.2, -0.15) is 0 Å². The van der Waals surface area contributed by atoms with Crippen molar-refractivity contribution in [3.8, 4) is 0 Å². The van der Waals surface area contributed by atoms with Gasteiger partial charge in [-0.25, -0.2) is 0 Å². The van der Waals surface area contributed by atoms with Crippen LogP contribution in [-0.4, -0.2) is 63.4 Å². The number of thioether (sulfide) groups is 1. The second-order valence-electron chi connectivity index (χ2n) is 8.02. The van der Waals surface area contributed by atoms with Crippen LogP contribution in [0.25, 0.3) is 6.08 Å². The molecule has 1 aromatic heterocycles. The SMILES string of the molecule is Cn1c(CNC(=O)/C=C/c2ccccc2Cl)nnc1SCC(=O)N1CCN(c2ccccc2)CC1. The van der Waals surface area contributed by atoms with Crippen LogP contribution in [0.4, 0.5) is 5.69 Å². The Morgan fingerprint density at radius 3 is 2.49 bits per heavy atom. The monoisotopic (exact) mass is 510 g/mol. The zero-order valence-electron chi connectivity index (χ0n) is 19.4. The molecule has 2 heterocycles. The predicted octanol–water partition coefficient (Wildman–Crippen LogP) is 3.24. The number of piperazine rings is 1. The minimum atomic E-state index is -0.257. The molecule has 1 aliphatic rings. The van der Waals surface area contributed by atoms with Gasteiger partial charge in [-0.3, -0.25) is 9.59 Å². The summed E-state index contributed by atoms with van der Waals surface area (Å²) >= 11 is 7.45. The summed E-state index contributed by atoms with van der Waals surface area (Å²) in [6.07, 6.45) is 3.10. The van der Waals surface area contributed by atoms with Crippen molar-refractivity contribution in [1.29, 1.82) is 0 Å². The van der Waals surface area contributed by atoms with Crippen LogP contribution in [-0.2, 0) is 23.2 Å². The molecule has 3 aromatic rings. The fraction of sp³-hybridized carbons (Fsp3) is 0.280. The molecular formula is C25H27ClN6O2S. The van der Waals surface area contributed by atoms with Gasteiger partial charge in [-0.1, -0.05) is 59.8 Å². The number of benzene rings is 2. The zero-order valence-corrected chi connectivity index (χ0v) is 21.0. The van der Waals surface area contributed by atoms with E-state index in [-0.39, 0.29) is 18.4 Å². The van der Waals surface area contributed by atoms with Gasteiger partial charge in [-0.15, -0.1) is 10.2 Å². The van der Waals surface area contributed by atoms with Crippen molar-refractivity contribution in [3.05, 3.63) is 77.1 Å². The normalized spacial score (nSPS) is 13.9. The summed E-state index contributed by atoms with van der Waals surface area (Å²) in [7, 11) is 1.83. The molecule has 10 heteroatoms. The number of hydrogen-bond donors (Lipinski definition) is 1. The molecule has 0 bridgehead atoms. The van der Waals surface area contributed by atoms with E-state index in [1.807, 2.05) is 48.3 Å². The van der Waals surface area contributed by atoms with Crippen molar-refractivity contribution in [2.75, 3.05) is 36.8 Å². The third-order valence-electron chi connectivity index (χ3n) is 5.74. The Morgan fingerprint density at radius 2 is 1.74 bits per heavy atom. The van der Waals surface area contributed by atoms with Gasteiger partial charge >= 0.3 is 0 Å². The minimum Gasteiger partial charge on any atom is -0.368 e. The number of hydrogen-bond acceptors (Lipinski definition) is 6. The highest BCUT2D eigenvalue weighted by Crippen LogP contribution is 2.19. The summed E-state index contributed by atoms with van der Waals surface area (Å²) in [4.78, 5) is 29.1. The quantitative estimate of drug-likeness (QED) is 0.370. The lowest BCUT2D eigenvalue weighted by molar-refractivity contribution is -0.128. The molecule has 0 atom stereocenters. The number of amides is 2. The van der Waals surface area contributed by atoms with Crippen molar-refractivity contribution in [3.63, 3.8) is 0 Å². The Hall–Kier alpha value is -3.30. The van der Waals surface area contributed by atoms with Gasteiger partial charge in [0.2, 0.25) is 11.8 Å². The maximum Gasteiger partial charge on any atom is 0.244 e. The number of aromatic nitrogens is 3. The van der Waals surface area contributed by atoms with Crippen LogP contribution in [0.1, 0.15) is 11.4 Å². The molecule has 182 valence electrons. The largest absolute Gasteiger partial charge is 0.368 e. The van der Waals surface area contributed by atoms with E-state index >= 15 is 0 Å². The zero-order chi connectivity index (χ0) is 24.6. The maximum absolute atomic E-state index is 12.7. The molecule has 1 saturated heterocycles. The standard InChI is InChI=1S/C25H27ClN6O2S/c1-30-22(17-27-23(33)12-11-19-7-5-6-10-21(19)26)28-29-25(30)35-18-24(34)32-15-13-31(14-16-32)20-8-3-2-4-9-20/h2-12H,13-18H2,1H3,(H,27,33)/b12-11+. The molecule has 0 radical (unpaired) electrons. The van der Waals surface area contributed by atoms with Gasteiger partial charge in [0.1, 0.15) is 0 Å². The Bertz CT molecular complexity index is 1190. The molecule has 35 heavy (non-hydrogen) atoms. The van der Waals surface area contributed by atoms with Gasteiger partial charge in [0.15, 0.2) is 11.0 Å². The number of carbonyl (C=O) groups excluding carboxylic acids is 2. The highest BCUT2D eigenvalue weighted by atomic mass is 35.5. The van der Waals surface area contributed by atoms with Crippen LogP contribution in [0.5, 0.6) is 0 Å². The van der Waals surface area contributed by atoms with Gasteiger partial charge in [0.05, 0.1) is 12.3 Å². The van der Waals surface area contributed by atoms with E-state index in [0.717, 1.165) is 18.7 Å². The Morgan fingerprint density at radius 1 is 1.03 bits per heavy atom. The van der Waals surface area contributed by atoms with Crippen molar-refractivity contribution < 1.29 is 9.59 Å². The van der Waals surface area contributed by atoms with E-state index in [2.05, 4.69) is 32.5 Å². The van der Waals surface area contributed by atoms with Crippen molar-refractivity contribution >= 4 is 46.9 Å². The predicted molar refractivity (Wildman–Crippen MR) is 139 cm³/mol. The van der Waals surface area contributed by atoms with E-state index < -0.39 is 0 Å². The first kappa shape index (κ1) is 24.8. The molecule has 1 fully saturated rings. The summed E-state index contributed by atoms with van der Waals surface area (Å²) in [6.45, 7) is 3.27. The summed E-state index contributed by atoms with van der Waals surface area (Å²) in [6, 6.07) is 17.6. The number of halogens is 1. The highest BCUT2D eigenvalue weighted by molar-refractivity contribution is 7.99. The molecule has 2 aromatic carbocycles. The van der Waals surface area contributed by atoms with Crippen LogP contribution < -0.4 is 10.2 Å². The van der Waals surface area contributed by atoms with Gasteiger partial charge < -0.3 is 19.7 Å². The van der Waals surface area contributed by atoms with Crippen LogP contribution in [0.2, 0.25) is 5.02 Å². The third-order valence-corrected chi connectivity index (χ3v) is 7.09. The molecule has 0 spiro atoms. The van der Waals surface area contributed by atoms with Gasteiger partial charge in [0.25, 0.3) is 0 Å². The smallest absolute Gasteiger partial charge is 0.244 e. The number of carbonyl (C=O) groups is 2. The molecule has 8 nitrogen and oxygen atoms in total. The number of anilines is 1. The number of nitrogens with zero attached hydrogens (tertiary/aromatic N) is 5. The minimum absolute atomic E-state index is 0.0882. The first-order chi connectivity index (χ1) is 17.0. The summed E-state index contributed by atoms with van der Waals surface area (Å²) in [5.74, 6) is 0.734. The maximum atomic E-state index is 12.7. The first-order valence-corrected chi connectivity index (χ1v) is 12.7. The second kappa shape index (κ2) is 11.9. The molecular weight excluding hydrogens is 484 g/mol. The lowest BCUT2D eigenvalue weighted by Gasteiger charge is -2.36.